The molecule has 2 nitrogen and oxygen atoms in total. The first-order valence-electron chi connectivity index (χ1n) is 7.15. The second-order valence-electron chi connectivity index (χ2n) is 5.38. The van der Waals surface area contributed by atoms with Crippen molar-refractivity contribution >= 4 is 39.1 Å². The summed E-state index contributed by atoms with van der Waals surface area (Å²) in [5.41, 5.74) is 3.75. The number of hydrazone groups is 1. The molecule has 0 amide bonds. The van der Waals surface area contributed by atoms with E-state index in [1.54, 1.807) is 0 Å². The maximum Gasteiger partial charge on any atom is 0.0733 e. The van der Waals surface area contributed by atoms with Gasteiger partial charge in [-0.05, 0) is 36.8 Å². The van der Waals surface area contributed by atoms with Crippen molar-refractivity contribution in [3.63, 3.8) is 0 Å². The van der Waals surface area contributed by atoms with Gasteiger partial charge in [0.25, 0.3) is 0 Å². The van der Waals surface area contributed by atoms with Crippen molar-refractivity contribution in [2.24, 2.45) is 11.0 Å². The van der Waals surface area contributed by atoms with Crippen LogP contribution in [0.15, 0.2) is 63.0 Å². The van der Waals surface area contributed by atoms with Crippen LogP contribution in [0, 0.1) is 5.92 Å². The number of anilines is 1. The highest BCUT2D eigenvalue weighted by molar-refractivity contribution is 9.10. The van der Waals surface area contributed by atoms with Crippen molar-refractivity contribution in [3.8, 4) is 0 Å². The summed E-state index contributed by atoms with van der Waals surface area (Å²) in [6, 6.07) is 17.0. The third-order valence-corrected chi connectivity index (χ3v) is 5.80. The van der Waals surface area contributed by atoms with Crippen molar-refractivity contribution in [1.82, 2.24) is 0 Å². The molecule has 0 aliphatic carbocycles. The molecule has 4 rings (SSSR count). The lowest BCUT2D eigenvalue weighted by molar-refractivity contribution is 0.624. The molecule has 0 saturated heterocycles. The third-order valence-electron chi connectivity index (χ3n) is 4.03. The molecule has 4 heteroatoms. The van der Waals surface area contributed by atoms with Gasteiger partial charge < -0.3 is 0 Å². The van der Waals surface area contributed by atoms with E-state index in [0.717, 1.165) is 16.8 Å². The molecule has 1 unspecified atom stereocenters. The van der Waals surface area contributed by atoms with E-state index in [2.05, 4.69) is 69.5 Å². The minimum atomic E-state index is 0.594. The highest BCUT2D eigenvalue weighted by Gasteiger charge is 2.30. The lowest BCUT2D eigenvalue weighted by Gasteiger charge is -2.34. The smallest absolute Gasteiger partial charge is 0.0733 e. The van der Waals surface area contributed by atoms with Crippen molar-refractivity contribution in [3.05, 3.63) is 58.6 Å². The maximum atomic E-state index is 4.97. The monoisotopic (exact) mass is 358 g/mol. The van der Waals surface area contributed by atoms with E-state index in [1.165, 1.54) is 28.3 Å². The molecule has 2 heterocycles. The standard InChI is InChI=1S/C17H15BrN2S/c18-13-5-7-14(8-6-13)20-10-9-12-11-21-16-4-2-1-3-15(16)17(12)19-20/h1-8,12H,9-11H2. The summed E-state index contributed by atoms with van der Waals surface area (Å²) >= 11 is 5.46. The molecule has 0 fully saturated rings. The Morgan fingerprint density at radius 3 is 2.76 bits per heavy atom. The molecule has 0 bridgehead atoms. The molecule has 0 aromatic heterocycles. The summed E-state index contributed by atoms with van der Waals surface area (Å²) in [5, 5.41) is 7.11. The Morgan fingerprint density at radius 1 is 1.10 bits per heavy atom. The first-order chi connectivity index (χ1) is 10.3. The van der Waals surface area contributed by atoms with Gasteiger partial charge in [0.1, 0.15) is 0 Å². The maximum absolute atomic E-state index is 4.97. The van der Waals surface area contributed by atoms with Gasteiger partial charge in [-0.3, -0.25) is 5.01 Å². The molecule has 0 spiro atoms. The first-order valence-corrected chi connectivity index (χ1v) is 8.93. The average Bonchev–Trinajstić information content (AvgIpc) is 2.55. The van der Waals surface area contributed by atoms with E-state index in [9.17, 15) is 0 Å². The number of benzene rings is 2. The summed E-state index contributed by atoms with van der Waals surface area (Å²) < 4.78 is 1.10. The molecule has 21 heavy (non-hydrogen) atoms. The van der Waals surface area contributed by atoms with E-state index < -0.39 is 0 Å². The fourth-order valence-corrected chi connectivity index (χ4v) is 4.38. The topological polar surface area (TPSA) is 15.6 Å². The van der Waals surface area contributed by atoms with E-state index in [4.69, 9.17) is 5.10 Å². The van der Waals surface area contributed by atoms with Crippen LogP contribution in [-0.4, -0.2) is 18.0 Å². The van der Waals surface area contributed by atoms with Crippen LogP contribution in [-0.2, 0) is 0 Å². The third kappa shape index (κ3) is 2.51. The lowest BCUT2D eigenvalue weighted by atomic mass is 9.93. The largest absolute Gasteiger partial charge is 0.265 e. The van der Waals surface area contributed by atoms with Crippen LogP contribution < -0.4 is 5.01 Å². The summed E-state index contributed by atoms with van der Waals surface area (Å²) in [7, 11) is 0. The highest BCUT2D eigenvalue weighted by Crippen LogP contribution is 2.37. The molecule has 106 valence electrons. The number of rotatable bonds is 1. The number of hydrogen-bond acceptors (Lipinski definition) is 3. The van der Waals surface area contributed by atoms with Crippen LogP contribution in [0.1, 0.15) is 12.0 Å². The second-order valence-corrected chi connectivity index (χ2v) is 7.36. The van der Waals surface area contributed by atoms with Gasteiger partial charge in [-0.15, -0.1) is 11.8 Å². The minimum Gasteiger partial charge on any atom is -0.265 e. The van der Waals surface area contributed by atoms with Gasteiger partial charge in [0.05, 0.1) is 11.4 Å². The number of nitrogens with zero attached hydrogens (tertiary/aromatic N) is 2. The lowest BCUT2D eigenvalue weighted by Crippen LogP contribution is -2.35. The second kappa shape index (κ2) is 5.50. The number of thioether (sulfide) groups is 1. The van der Waals surface area contributed by atoms with E-state index >= 15 is 0 Å². The molecular formula is C17H15BrN2S. The molecule has 1 atom stereocenters. The molecular weight excluding hydrogens is 344 g/mol. The molecule has 0 radical (unpaired) electrons. The van der Waals surface area contributed by atoms with Crippen molar-refractivity contribution in [1.29, 1.82) is 0 Å². The summed E-state index contributed by atoms with van der Waals surface area (Å²) in [5.74, 6) is 1.75. The summed E-state index contributed by atoms with van der Waals surface area (Å²) in [6.07, 6.45) is 1.18. The number of hydrogen-bond donors (Lipinski definition) is 0. The van der Waals surface area contributed by atoms with Gasteiger partial charge in [0.2, 0.25) is 0 Å². The van der Waals surface area contributed by atoms with Gasteiger partial charge in [0.15, 0.2) is 0 Å². The van der Waals surface area contributed by atoms with Crippen LogP contribution in [0.2, 0.25) is 0 Å². The fourth-order valence-electron chi connectivity index (χ4n) is 2.91. The van der Waals surface area contributed by atoms with Gasteiger partial charge >= 0.3 is 0 Å². The van der Waals surface area contributed by atoms with Gasteiger partial charge in [-0.2, -0.15) is 5.10 Å². The normalized spacial score (nSPS) is 20.5. The highest BCUT2D eigenvalue weighted by atomic mass is 79.9. The number of halogens is 1. The average molecular weight is 359 g/mol. The SMILES string of the molecule is Brc1ccc(N2CCC3CSc4ccccc4C3=N2)cc1. The van der Waals surface area contributed by atoms with Crippen molar-refractivity contribution in [2.45, 2.75) is 11.3 Å². The quantitative estimate of drug-likeness (QED) is 0.728. The van der Waals surface area contributed by atoms with Crippen LogP contribution in [0.4, 0.5) is 5.69 Å². The zero-order valence-corrected chi connectivity index (χ0v) is 13.9. The Hall–Kier alpha value is -1.26. The van der Waals surface area contributed by atoms with Crippen LogP contribution in [0.5, 0.6) is 0 Å². The Kier molecular flexibility index (Phi) is 3.51. The van der Waals surface area contributed by atoms with Gasteiger partial charge in [-0.25, -0.2) is 0 Å². The van der Waals surface area contributed by atoms with Gasteiger partial charge in [0, 0.05) is 33.1 Å². The number of fused-ring (bicyclic) bond motifs is 3. The zero-order valence-electron chi connectivity index (χ0n) is 11.5. The van der Waals surface area contributed by atoms with Gasteiger partial charge in [-0.1, -0.05) is 34.1 Å². The molecule has 2 aromatic rings. The van der Waals surface area contributed by atoms with Crippen molar-refractivity contribution in [2.75, 3.05) is 17.3 Å². The molecule has 0 N–H and O–H groups in total. The molecule has 2 aliphatic heterocycles. The Morgan fingerprint density at radius 2 is 1.90 bits per heavy atom. The van der Waals surface area contributed by atoms with E-state index in [1.807, 2.05) is 11.8 Å². The van der Waals surface area contributed by atoms with Crippen molar-refractivity contribution < 1.29 is 0 Å². The Labute approximate surface area is 137 Å². The van der Waals surface area contributed by atoms with E-state index in [-0.39, 0.29) is 0 Å². The predicted octanol–water partition coefficient (Wildman–Crippen LogP) is 4.79. The predicted molar refractivity (Wildman–Crippen MR) is 93.3 cm³/mol. The van der Waals surface area contributed by atoms with E-state index in [0.29, 0.717) is 5.92 Å². The summed E-state index contributed by atoms with van der Waals surface area (Å²) in [6.45, 7) is 0.999. The molecule has 0 saturated carbocycles. The minimum absolute atomic E-state index is 0.594. The zero-order chi connectivity index (χ0) is 14.2. The van der Waals surface area contributed by atoms with Crippen LogP contribution in [0.25, 0.3) is 0 Å². The summed E-state index contributed by atoms with van der Waals surface area (Å²) in [4.78, 5) is 1.37. The first kappa shape index (κ1) is 13.4. The van der Waals surface area contributed by atoms with Crippen LogP contribution in [0.3, 0.4) is 0 Å². The van der Waals surface area contributed by atoms with Crippen LogP contribution >= 0.6 is 27.7 Å². The molecule has 2 aliphatic rings. The fraction of sp³-hybridized carbons (Fsp3) is 0.235. The Balaban J connectivity index is 1.74. The molecule has 2 aromatic carbocycles. The Bertz CT molecular complexity index is 696.